The predicted octanol–water partition coefficient (Wildman–Crippen LogP) is 3.09. The van der Waals surface area contributed by atoms with Crippen molar-refractivity contribution in [1.29, 1.82) is 0 Å². The summed E-state index contributed by atoms with van der Waals surface area (Å²) in [4.78, 5) is 40.1. The quantitative estimate of drug-likeness (QED) is 0.335. The molecule has 1 saturated carbocycles. The Balaban J connectivity index is 0.00000267. The van der Waals surface area contributed by atoms with E-state index >= 15 is 0 Å². The summed E-state index contributed by atoms with van der Waals surface area (Å²) in [5, 5.41) is 33.5. The van der Waals surface area contributed by atoms with Crippen molar-refractivity contribution in [3.8, 4) is 5.75 Å². The lowest BCUT2D eigenvalue weighted by atomic mass is 9.61. The van der Waals surface area contributed by atoms with Crippen LogP contribution >= 0.6 is 0 Å². The van der Waals surface area contributed by atoms with Gasteiger partial charge in [-0.25, -0.2) is 0 Å². The summed E-state index contributed by atoms with van der Waals surface area (Å²) in [6.07, 6.45) is 2.22. The molecule has 0 spiro atoms. The standard InChI is InChI=1S/C28H35NO8.H2O.2H2/c1-13(30)21-19(31)12-16-9-15-10-17-18(29(2)3)11-14(7-6-8-20(36-4)37-5)25(32)24(17)28(35)22(15)27(34)23(16)26(21)33;;;/h11,15-16,20,23,32-33,35H,6-10,12H2,1-5H3;1H2;2*1H. The Kier molecular flexibility index (Phi) is 8.70. The Bertz CT molecular complexity index is 1220. The Morgan fingerprint density at radius 1 is 1.16 bits per heavy atom. The van der Waals surface area contributed by atoms with Crippen LogP contribution in [0.15, 0.2) is 23.0 Å². The number of fused-ring (bicyclic) bond motifs is 3. The molecule has 0 heterocycles. The van der Waals surface area contributed by atoms with Crippen LogP contribution in [0.1, 0.15) is 52.2 Å². The zero-order chi connectivity index (χ0) is 27.2. The number of hydrogen-bond donors (Lipinski definition) is 3. The molecular formula is C28H41NO9. The Labute approximate surface area is 224 Å². The highest BCUT2D eigenvalue weighted by atomic mass is 16.7. The number of phenols is 1. The average Bonchev–Trinajstić information content (AvgIpc) is 2.82. The topological polar surface area (TPSA) is 165 Å². The molecule has 1 fully saturated rings. The molecule has 5 N–H and O–H groups in total. The van der Waals surface area contributed by atoms with Crippen molar-refractivity contribution in [2.45, 2.75) is 51.7 Å². The monoisotopic (exact) mass is 535 g/mol. The summed E-state index contributed by atoms with van der Waals surface area (Å²) < 4.78 is 10.5. The number of benzene rings is 1. The Morgan fingerprint density at radius 3 is 2.39 bits per heavy atom. The lowest BCUT2D eigenvalue weighted by Gasteiger charge is -2.41. The van der Waals surface area contributed by atoms with E-state index in [2.05, 4.69) is 0 Å². The van der Waals surface area contributed by atoms with Crippen molar-refractivity contribution in [1.82, 2.24) is 0 Å². The fraction of sp³-hybridized carbons (Fsp3) is 0.536. The van der Waals surface area contributed by atoms with Gasteiger partial charge in [0, 0.05) is 48.8 Å². The smallest absolute Gasteiger partial charge is 0.173 e. The minimum atomic E-state index is -1.05. The fourth-order valence-electron chi connectivity index (χ4n) is 6.24. The van der Waals surface area contributed by atoms with Gasteiger partial charge in [-0.2, -0.15) is 0 Å². The van der Waals surface area contributed by atoms with Gasteiger partial charge in [0.1, 0.15) is 17.3 Å². The fourth-order valence-corrected chi connectivity index (χ4v) is 6.24. The largest absolute Gasteiger partial charge is 0.511 e. The van der Waals surface area contributed by atoms with Crippen LogP contribution in [0, 0.1) is 17.8 Å². The molecule has 3 aliphatic rings. The summed E-state index contributed by atoms with van der Waals surface area (Å²) in [7, 11) is 6.89. The first-order chi connectivity index (χ1) is 17.5. The molecule has 0 saturated heterocycles. The molecule has 1 aromatic carbocycles. The molecule has 0 bridgehead atoms. The first-order valence-corrected chi connectivity index (χ1v) is 12.6. The number of carbonyl (C=O) groups excluding carboxylic acids is 3. The highest BCUT2D eigenvalue weighted by Gasteiger charge is 2.51. The molecule has 3 unspecified atom stereocenters. The van der Waals surface area contributed by atoms with E-state index in [9.17, 15) is 29.7 Å². The van der Waals surface area contributed by atoms with Crippen LogP contribution in [-0.4, -0.2) is 72.8 Å². The van der Waals surface area contributed by atoms with Crippen molar-refractivity contribution in [3.63, 3.8) is 0 Å². The molecule has 10 heteroatoms. The number of anilines is 1. The third kappa shape index (κ3) is 4.83. The number of aliphatic hydroxyl groups excluding tert-OH is 2. The van der Waals surface area contributed by atoms with Crippen molar-refractivity contribution >= 4 is 28.8 Å². The van der Waals surface area contributed by atoms with E-state index in [4.69, 9.17) is 9.47 Å². The maximum Gasteiger partial charge on any atom is 0.173 e. The van der Waals surface area contributed by atoms with Gasteiger partial charge < -0.3 is 35.2 Å². The number of carbonyl (C=O) groups is 3. The van der Waals surface area contributed by atoms with E-state index in [1.807, 2.05) is 25.1 Å². The van der Waals surface area contributed by atoms with Crippen molar-refractivity contribution in [2.75, 3.05) is 33.2 Å². The second kappa shape index (κ2) is 11.3. The average molecular weight is 536 g/mol. The van der Waals surface area contributed by atoms with Crippen molar-refractivity contribution < 1.29 is 47.5 Å². The number of nitrogens with zero attached hydrogens (tertiary/aromatic N) is 1. The number of aryl methyl sites for hydroxylation is 1. The third-order valence-corrected chi connectivity index (χ3v) is 7.94. The van der Waals surface area contributed by atoms with E-state index in [1.165, 1.54) is 6.92 Å². The highest BCUT2D eigenvalue weighted by molar-refractivity contribution is 6.22. The van der Waals surface area contributed by atoms with E-state index < -0.39 is 34.9 Å². The third-order valence-electron chi connectivity index (χ3n) is 7.94. The van der Waals surface area contributed by atoms with Gasteiger partial charge in [-0.15, -0.1) is 0 Å². The van der Waals surface area contributed by atoms with Crippen LogP contribution in [0.5, 0.6) is 5.75 Å². The normalized spacial score (nSPS) is 22.6. The first-order valence-electron chi connectivity index (χ1n) is 12.6. The molecular weight excluding hydrogens is 494 g/mol. The number of allylic oxidation sites excluding steroid dienone is 3. The van der Waals surface area contributed by atoms with E-state index in [-0.39, 0.29) is 55.2 Å². The second-order valence-electron chi connectivity index (χ2n) is 10.4. The minimum Gasteiger partial charge on any atom is -0.511 e. The number of ether oxygens (including phenoxy) is 2. The minimum absolute atomic E-state index is 0. The molecule has 0 radical (unpaired) electrons. The summed E-state index contributed by atoms with van der Waals surface area (Å²) in [5.41, 5.74) is 2.26. The summed E-state index contributed by atoms with van der Waals surface area (Å²) in [5.74, 6) is -4.26. The molecule has 3 aliphatic carbocycles. The molecule has 10 nitrogen and oxygen atoms in total. The van der Waals surface area contributed by atoms with Gasteiger partial charge in [-0.3, -0.25) is 14.4 Å². The zero-order valence-electron chi connectivity index (χ0n) is 22.5. The summed E-state index contributed by atoms with van der Waals surface area (Å²) in [6.45, 7) is 1.19. The maximum absolute atomic E-state index is 13.7. The molecule has 3 atom stereocenters. The van der Waals surface area contributed by atoms with Gasteiger partial charge in [0.2, 0.25) is 0 Å². The Morgan fingerprint density at radius 2 is 1.82 bits per heavy atom. The van der Waals surface area contributed by atoms with Crippen molar-refractivity contribution in [2.24, 2.45) is 17.8 Å². The second-order valence-corrected chi connectivity index (χ2v) is 10.4. The van der Waals surface area contributed by atoms with E-state index in [0.717, 1.165) is 11.3 Å². The van der Waals surface area contributed by atoms with Gasteiger partial charge in [0.05, 0.1) is 17.1 Å². The lowest BCUT2D eigenvalue weighted by Crippen LogP contribution is -2.43. The summed E-state index contributed by atoms with van der Waals surface area (Å²) in [6, 6.07) is 1.91. The molecule has 0 amide bonds. The predicted molar refractivity (Wildman–Crippen MR) is 144 cm³/mol. The maximum atomic E-state index is 13.7. The van der Waals surface area contributed by atoms with Gasteiger partial charge in [0.15, 0.2) is 23.6 Å². The van der Waals surface area contributed by atoms with Gasteiger partial charge in [-0.1, -0.05) is 0 Å². The van der Waals surface area contributed by atoms with Crippen LogP contribution < -0.4 is 4.90 Å². The number of aliphatic hydroxyl groups is 2. The molecule has 1 aromatic rings. The highest BCUT2D eigenvalue weighted by Crippen LogP contribution is 2.52. The molecule has 0 aliphatic heterocycles. The number of hydrogen-bond acceptors (Lipinski definition) is 9. The van der Waals surface area contributed by atoms with Gasteiger partial charge in [0.25, 0.3) is 0 Å². The number of Topliss-reactive ketones (excluding diaryl/α,β-unsaturated/α-hetero) is 3. The van der Waals surface area contributed by atoms with Gasteiger partial charge >= 0.3 is 0 Å². The number of rotatable bonds is 8. The van der Waals surface area contributed by atoms with E-state index in [0.29, 0.717) is 37.7 Å². The lowest BCUT2D eigenvalue weighted by molar-refractivity contribution is -0.127. The number of phenolic OH excluding ortho intramolecular Hbond substituents is 1. The van der Waals surface area contributed by atoms with Crippen LogP contribution in [0.3, 0.4) is 0 Å². The van der Waals surface area contributed by atoms with Crippen molar-refractivity contribution in [3.05, 3.63) is 39.7 Å². The number of methoxy groups -OCH3 is 2. The van der Waals surface area contributed by atoms with Crippen LogP contribution in [0.25, 0.3) is 5.76 Å². The zero-order valence-corrected chi connectivity index (χ0v) is 22.5. The number of ketones is 3. The Hall–Kier alpha value is -3.21. The first kappa shape index (κ1) is 29.3. The molecule has 212 valence electrons. The summed E-state index contributed by atoms with van der Waals surface area (Å²) >= 11 is 0. The van der Waals surface area contributed by atoms with E-state index in [1.54, 1.807) is 14.2 Å². The molecule has 4 rings (SSSR count). The van der Waals surface area contributed by atoms with Crippen LogP contribution in [0.4, 0.5) is 5.69 Å². The molecule has 38 heavy (non-hydrogen) atoms. The number of aromatic hydroxyl groups is 1. The van der Waals surface area contributed by atoms with Crippen LogP contribution in [-0.2, 0) is 36.7 Å². The SMILES string of the molecule is COC(CCCc1cc(N(C)C)c2c(c1O)C(O)=C1C(=O)C3C(O)=C(C(C)=O)C(=O)CC3CC1C2)OC.O.[HH].[HH]. The van der Waals surface area contributed by atoms with Crippen LogP contribution in [0.2, 0.25) is 0 Å². The van der Waals surface area contributed by atoms with Gasteiger partial charge in [-0.05, 0) is 68.1 Å². The molecule has 0 aromatic heterocycles.